The first kappa shape index (κ1) is 81.7. The molecule has 12 N–H and O–H groups in total. The first-order valence-electron chi connectivity index (χ1n) is 34.6. The van der Waals surface area contributed by atoms with Crippen molar-refractivity contribution >= 4 is 5.91 Å². The lowest BCUT2D eigenvalue weighted by Crippen LogP contribution is -2.66. The molecule has 3 saturated heterocycles. The van der Waals surface area contributed by atoms with Crippen molar-refractivity contribution in [2.75, 3.05) is 26.4 Å². The summed E-state index contributed by atoms with van der Waals surface area (Å²) in [6.07, 6.45) is 43.4. The fourth-order valence-corrected chi connectivity index (χ4v) is 11.0. The van der Waals surface area contributed by atoms with Crippen molar-refractivity contribution in [3.05, 3.63) is 109 Å². The second kappa shape index (κ2) is 52.7. The maximum atomic E-state index is 13.4. The molecule has 17 unspecified atom stereocenters. The normalized spacial score (nSPS) is 28.6. The Bertz CT molecular complexity index is 2070. The molecule has 0 aromatic heterocycles. The van der Waals surface area contributed by atoms with E-state index in [0.717, 1.165) is 109 Å². The molecule has 0 aliphatic carbocycles. The zero-order chi connectivity index (χ0) is 66.1. The third-order valence-electron chi connectivity index (χ3n) is 16.6. The number of hydrogen-bond acceptors (Lipinski definition) is 18. The lowest BCUT2D eigenvalue weighted by Gasteiger charge is -2.48. The van der Waals surface area contributed by atoms with Gasteiger partial charge in [0.1, 0.15) is 73.2 Å². The first-order chi connectivity index (χ1) is 44.3. The van der Waals surface area contributed by atoms with Crippen molar-refractivity contribution in [1.29, 1.82) is 0 Å². The number of aliphatic hydroxyl groups is 11. The quantitative estimate of drug-likeness (QED) is 0.0200. The molecule has 0 radical (unpaired) electrons. The number of aliphatic hydroxyl groups excluding tert-OH is 11. The number of amides is 1. The standard InChI is InChI=1S/C72H121NO18/c1-3-5-7-9-11-13-15-17-19-21-22-23-24-25-26-27-28-29-30-31-32-34-36-38-40-42-44-46-48-50-60(78)73-55(56(77)49-47-45-43-41-39-37-35-33-20-18-16-14-12-10-8-6-4-2)54-86-70-66(84)63(81)68(58(52-75)88-70)91-72-67(85)64(82)69(59(53-76)89-72)90-71-65(83)62(80)61(79)57(51-74)87-71/h5,7,11,13,17,19,22-23,25-26,28-29,31-32,39,41,47,49,55-59,61-72,74-77,79-85H,3-4,6,8-10,12,14-16,18,20-21,24,27,30,33-38,40,42-46,48,50-54H2,1-2H3,(H,73,78)/b7-5-,13-11-,19-17-,23-22-,26-25-,29-28-,32-31-,41-39+,49-47+. The Morgan fingerprint density at radius 2 is 0.769 bits per heavy atom. The summed E-state index contributed by atoms with van der Waals surface area (Å²) in [6, 6.07) is -1.00. The van der Waals surface area contributed by atoms with Crippen LogP contribution in [0.15, 0.2) is 109 Å². The van der Waals surface area contributed by atoms with E-state index in [0.29, 0.717) is 12.8 Å². The number of ether oxygens (including phenoxy) is 6. The van der Waals surface area contributed by atoms with Crippen LogP contribution in [-0.2, 0) is 33.2 Å². The second-order valence-corrected chi connectivity index (χ2v) is 24.2. The lowest BCUT2D eigenvalue weighted by atomic mass is 9.96. The fourth-order valence-electron chi connectivity index (χ4n) is 11.0. The number of carbonyl (C=O) groups is 1. The van der Waals surface area contributed by atoms with Crippen LogP contribution in [0, 0.1) is 0 Å². The molecular weight excluding hydrogens is 1170 g/mol. The van der Waals surface area contributed by atoms with Crippen molar-refractivity contribution in [3.63, 3.8) is 0 Å². The largest absolute Gasteiger partial charge is 0.394 e. The Labute approximate surface area is 545 Å². The average molecular weight is 1290 g/mol. The zero-order valence-electron chi connectivity index (χ0n) is 55.0. The lowest BCUT2D eigenvalue weighted by molar-refractivity contribution is -0.379. The predicted octanol–water partition coefficient (Wildman–Crippen LogP) is 9.05. The molecule has 91 heavy (non-hydrogen) atoms. The van der Waals surface area contributed by atoms with E-state index in [1.807, 2.05) is 6.08 Å². The van der Waals surface area contributed by atoms with Crippen molar-refractivity contribution in [2.24, 2.45) is 0 Å². The Morgan fingerprint density at radius 1 is 0.407 bits per heavy atom. The third-order valence-corrected chi connectivity index (χ3v) is 16.6. The number of hydrogen-bond donors (Lipinski definition) is 12. The van der Waals surface area contributed by atoms with Gasteiger partial charge in [0.05, 0.1) is 38.6 Å². The molecule has 1 amide bonds. The average Bonchev–Trinajstić information content (AvgIpc) is 0.884. The molecule has 0 spiro atoms. The molecule has 522 valence electrons. The van der Waals surface area contributed by atoms with Crippen LogP contribution < -0.4 is 5.32 Å². The van der Waals surface area contributed by atoms with E-state index in [2.05, 4.69) is 116 Å². The zero-order valence-corrected chi connectivity index (χ0v) is 55.0. The summed E-state index contributed by atoms with van der Waals surface area (Å²) in [7, 11) is 0. The molecule has 17 atom stereocenters. The number of rotatable bonds is 51. The Hall–Kier alpha value is -3.55. The van der Waals surface area contributed by atoms with Gasteiger partial charge in [0.15, 0.2) is 18.9 Å². The minimum absolute atomic E-state index is 0.215. The van der Waals surface area contributed by atoms with Gasteiger partial charge in [0.25, 0.3) is 0 Å². The van der Waals surface area contributed by atoms with Crippen molar-refractivity contribution in [1.82, 2.24) is 5.32 Å². The first-order valence-corrected chi connectivity index (χ1v) is 34.6. The summed E-state index contributed by atoms with van der Waals surface area (Å²) in [5.74, 6) is -0.302. The van der Waals surface area contributed by atoms with Crippen LogP contribution in [-0.4, -0.2) is 193 Å². The van der Waals surface area contributed by atoms with E-state index in [1.165, 1.54) is 64.2 Å². The van der Waals surface area contributed by atoms with E-state index >= 15 is 0 Å². The Kier molecular flexibility index (Phi) is 47.3. The van der Waals surface area contributed by atoms with Gasteiger partial charge in [-0.2, -0.15) is 0 Å². The molecule has 3 aliphatic rings. The number of unbranched alkanes of at least 4 members (excludes halogenated alkanes) is 19. The van der Waals surface area contributed by atoms with E-state index in [4.69, 9.17) is 28.4 Å². The fraction of sp³-hybridized carbons (Fsp3) is 0.736. The predicted molar refractivity (Wildman–Crippen MR) is 355 cm³/mol. The molecule has 0 saturated carbocycles. The van der Waals surface area contributed by atoms with Gasteiger partial charge in [-0.3, -0.25) is 4.79 Å². The SMILES string of the molecule is CC/C=C\C/C=C\C/C=C\C/C=C\C/C=C\C/C=C\C/C=C\CCCCCCCCCC(=O)NC(COC1OC(CO)C(OC2OC(CO)C(OC3OC(CO)C(O)C(O)C3O)C(O)C2O)C(O)C1O)C(O)/C=C/CC/C=C/CCCCCCCCCCCCC. The molecule has 0 aromatic carbocycles. The van der Waals surface area contributed by atoms with Gasteiger partial charge in [-0.05, 0) is 89.9 Å². The Morgan fingerprint density at radius 3 is 1.23 bits per heavy atom. The van der Waals surface area contributed by atoms with Crippen LogP contribution in [0.2, 0.25) is 0 Å². The van der Waals surface area contributed by atoms with Gasteiger partial charge in [-0.25, -0.2) is 0 Å². The van der Waals surface area contributed by atoms with Crippen LogP contribution in [0.3, 0.4) is 0 Å². The monoisotopic (exact) mass is 1290 g/mol. The maximum absolute atomic E-state index is 13.4. The van der Waals surface area contributed by atoms with E-state index < -0.39 is 124 Å². The van der Waals surface area contributed by atoms with Gasteiger partial charge < -0.3 is 89.9 Å². The van der Waals surface area contributed by atoms with Crippen molar-refractivity contribution in [3.8, 4) is 0 Å². The maximum Gasteiger partial charge on any atom is 0.220 e. The highest BCUT2D eigenvalue weighted by molar-refractivity contribution is 5.76. The summed E-state index contributed by atoms with van der Waals surface area (Å²) >= 11 is 0. The van der Waals surface area contributed by atoms with Gasteiger partial charge in [-0.1, -0.05) is 220 Å². The van der Waals surface area contributed by atoms with Gasteiger partial charge >= 0.3 is 0 Å². The molecule has 0 aromatic rings. The van der Waals surface area contributed by atoms with Crippen LogP contribution in [0.25, 0.3) is 0 Å². The number of nitrogens with one attached hydrogen (secondary N) is 1. The molecule has 0 bridgehead atoms. The highest BCUT2D eigenvalue weighted by Crippen LogP contribution is 2.33. The summed E-state index contributed by atoms with van der Waals surface area (Å²) in [4.78, 5) is 13.4. The highest BCUT2D eigenvalue weighted by atomic mass is 16.8. The highest BCUT2D eigenvalue weighted by Gasteiger charge is 2.53. The third kappa shape index (κ3) is 34.6. The molecule has 3 heterocycles. The summed E-state index contributed by atoms with van der Waals surface area (Å²) in [6.45, 7) is 1.57. The van der Waals surface area contributed by atoms with E-state index in [-0.39, 0.29) is 18.9 Å². The van der Waals surface area contributed by atoms with E-state index in [1.54, 1.807) is 6.08 Å². The van der Waals surface area contributed by atoms with Gasteiger partial charge in [-0.15, -0.1) is 0 Å². The number of allylic oxidation sites excluding steroid dienone is 17. The molecule has 3 fully saturated rings. The van der Waals surface area contributed by atoms with Gasteiger partial charge in [0, 0.05) is 6.42 Å². The van der Waals surface area contributed by atoms with Crippen LogP contribution in [0.5, 0.6) is 0 Å². The molecule has 3 rings (SSSR count). The van der Waals surface area contributed by atoms with Gasteiger partial charge in [0.2, 0.25) is 5.91 Å². The van der Waals surface area contributed by atoms with Crippen LogP contribution >= 0.6 is 0 Å². The summed E-state index contributed by atoms with van der Waals surface area (Å²) < 4.78 is 34.3. The number of carbonyl (C=O) groups excluding carboxylic acids is 1. The summed E-state index contributed by atoms with van der Waals surface area (Å²) in [5, 5.41) is 120. The van der Waals surface area contributed by atoms with Crippen LogP contribution in [0.4, 0.5) is 0 Å². The van der Waals surface area contributed by atoms with E-state index in [9.17, 15) is 61.0 Å². The molecule has 19 heteroatoms. The minimum atomic E-state index is -1.99. The molecular formula is C72H121NO18. The molecule has 19 nitrogen and oxygen atoms in total. The smallest absolute Gasteiger partial charge is 0.220 e. The minimum Gasteiger partial charge on any atom is -0.394 e. The van der Waals surface area contributed by atoms with Crippen molar-refractivity contribution in [2.45, 2.75) is 311 Å². The second-order valence-electron chi connectivity index (χ2n) is 24.2. The Balaban J connectivity index is 1.44. The topological polar surface area (TPSA) is 307 Å². The summed E-state index contributed by atoms with van der Waals surface area (Å²) in [5.41, 5.74) is 0. The molecule has 3 aliphatic heterocycles. The van der Waals surface area contributed by atoms with Crippen LogP contribution in [0.1, 0.15) is 206 Å². The van der Waals surface area contributed by atoms with Crippen molar-refractivity contribution < 1.29 is 89.4 Å².